The molecule has 0 atom stereocenters. The van der Waals surface area contributed by atoms with Crippen molar-refractivity contribution < 1.29 is 0 Å². The van der Waals surface area contributed by atoms with Gasteiger partial charge in [-0.2, -0.15) is 0 Å². The molecule has 0 aliphatic carbocycles. The van der Waals surface area contributed by atoms with Gasteiger partial charge in [0, 0.05) is 29.7 Å². The summed E-state index contributed by atoms with van der Waals surface area (Å²) in [7, 11) is 0. The first-order valence-corrected chi connectivity index (χ1v) is 10.8. The van der Waals surface area contributed by atoms with Gasteiger partial charge in [-0.05, 0) is 50.8 Å². The van der Waals surface area contributed by atoms with Gasteiger partial charge in [-0.3, -0.25) is 0 Å². The Bertz CT molecular complexity index is 1030. The van der Waals surface area contributed by atoms with Gasteiger partial charge in [0.05, 0.1) is 11.2 Å². The summed E-state index contributed by atoms with van der Waals surface area (Å²) in [5, 5.41) is 1.21. The van der Waals surface area contributed by atoms with Crippen LogP contribution in [0.5, 0.6) is 0 Å². The topological polar surface area (TPSA) is 107 Å². The monoisotopic (exact) mass is 429 g/mol. The molecule has 1 fully saturated rings. The van der Waals surface area contributed by atoms with Gasteiger partial charge in [0.25, 0.3) is 0 Å². The van der Waals surface area contributed by atoms with Gasteiger partial charge < -0.3 is 16.4 Å². The lowest BCUT2D eigenvalue weighted by Crippen LogP contribution is -2.47. The summed E-state index contributed by atoms with van der Waals surface area (Å²) in [5.41, 5.74) is 13.3. The first-order chi connectivity index (χ1) is 13.8. The normalized spacial score (nSPS) is 15.8. The lowest BCUT2D eigenvalue weighted by molar-refractivity contribution is 0.265. The van der Waals surface area contributed by atoms with E-state index >= 15 is 0 Å². The van der Waals surface area contributed by atoms with Crippen molar-refractivity contribution in [3.05, 3.63) is 35.6 Å². The Hall–Kier alpha value is -2.16. The Morgan fingerprint density at radius 2 is 1.90 bits per heavy atom. The minimum Gasteiger partial charge on any atom is -0.382 e. The summed E-state index contributed by atoms with van der Waals surface area (Å²) < 4.78 is 0. The van der Waals surface area contributed by atoms with Gasteiger partial charge in [0.2, 0.25) is 0 Å². The zero-order valence-corrected chi connectivity index (χ0v) is 18.0. The number of pyridine rings is 2. The van der Waals surface area contributed by atoms with E-state index in [-0.39, 0.29) is 5.54 Å². The number of rotatable bonds is 4. The van der Waals surface area contributed by atoms with E-state index in [1.165, 1.54) is 11.8 Å². The van der Waals surface area contributed by atoms with E-state index in [1.807, 2.05) is 18.2 Å². The fraction of sp³-hybridized carbons (Fsp3) is 0.400. The summed E-state index contributed by atoms with van der Waals surface area (Å²) in [6.07, 6.45) is 5.56. The SMILES string of the molecule is CC(C)(N)C1CCN(c2cnc3nc(Sc4ccnc(N)c4Cl)ccc3n2)CC1. The van der Waals surface area contributed by atoms with E-state index < -0.39 is 0 Å². The van der Waals surface area contributed by atoms with Crippen LogP contribution in [0.1, 0.15) is 26.7 Å². The zero-order valence-electron chi connectivity index (χ0n) is 16.5. The van der Waals surface area contributed by atoms with E-state index in [2.05, 4.69) is 33.7 Å². The van der Waals surface area contributed by atoms with Crippen LogP contribution in [0.25, 0.3) is 11.2 Å². The Balaban J connectivity index is 1.51. The van der Waals surface area contributed by atoms with Crippen molar-refractivity contribution in [3.8, 4) is 0 Å². The van der Waals surface area contributed by atoms with Gasteiger partial charge >= 0.3 is 0 Å². The third-order valence-electron chi connectivity index (χ3n) is 5.33. The van der Waals surface area contributed by atoms with Crippen molar-refractivity contribution in [3.63, 3.8) is 0 Å². The van der Waals surface area contributed by atoms with Crippen molar-refractivity contribution in [1.82, 2.24) is 19.9 Å². The lowest BCUT2D eigenvalue weighted by Gasteiger charge is -2.38. The molecule has 0 amide bonds. The fourth-order valence-corrected chi connectivity index (χ4v) is 4.62. The summed E-state index contributed by atoms with van der Waals surface area (Å²) >= 11 is 7.65. The quantitative estimate of drug-likeness (QED) is 0.645. The number of nitrogen functional groups attached to an aromatic ring is 1. The smallest absolute Gasteiger partial charge is 0.179 e. The molecule has 0 unspecified atom stereocenters. The number of hydrogen-bond acceptors (Lipinski definition) is 8. The van der Waals surface area contributed by atoms with E-state index in [0.717, 1.165) is 47.2 Å². The van der Waals surface area contributed by atoms with E-state index in [1.54, 1.807) is 12.4 Å². The maximum Gasteiger partial charge on any atom is 0.179 e. The molecule has 4 N–H and O–H groups in total. The lowest BCUT2D eigenvalue weighted by atomic mass is 9.81. The molecule has 29 heavy (non-hydrogen) atoms. The van der Waals surface area contributed by atoms with Gasteiger partial charge in [0.15, 0.2) is 5.65 Å². The van der Waals surface area contributed by atoms with Crippen molar-refractivity contribution in [2.75, 3.05) is 23.7 Å². The van der Waals surface area contributed by atoms with Gasteiger partial charge in [-0.1, -0.05) is 23.4 Å². The predicted molar refractivity (Wildman–Crippen MR) is 118 cm³/mol. The number of hydrogen-bond donors (Lipinski definition) is 2. The Labute approximate surface area is 179 Å². The highest BCUT2D eigenvalue weighted by Crippen LogP contribution is 2.35. The first kappa shape index (κ1) is 20.1. The Kier molecular flexibility index (Phi) is 5.50. The van der Waals surface area contributed by atoms with Gasteiger partial charge in [0.1, 0.15) is 22.2 Å². The first-order valence-electron chi connectivity index (χ1n) is 9.57. The van der Waals surface area contributed by atoms with Crippen LogP contribution in [-0.4, -0.2) is 38.6 Å². The molecule has 1 aliphatic heterocycles. The fourth-order valence-electron chi connectivity index (χ4n) is 3.57. The standard InChI is InChI=1S/C20H24ClN7S/c1-20(2,23)12-6-9-28(10-7-12)15-11-25-19-13(26-15)3-4-16(27-19)29-14-5-8-24-18(22)17(14)21/h3-5,8,11-12H,6-7,9-10,23H2,1-2H3,(H2,22,24). The average Bonchev–Trinajstić information content (AvgIpc) is 2.70. The molecule has 0 radical (unpaired) electrons. The maximum atomic E-state index is 6.28. The Morgan fingerprint density at radius 3 is 2.62 bits per heavy atom. The number of fused-ring (bicyclic) bond motifs is 1. The maximum absolute atomic E-state index is 6.28. The summed E-state index contributed by atoms with van der Waals surface area (Å²) in [6, 6.07) is 5.67. The molecule has 152 valence electrons. The molecular weight excluding hydrogens is 406 g/mol. The number of nitrogens with two attached hydrogens (primary N) is 2. The Morgan fingerprint density at radius 1 is 1.14 bits per heavy atom. The number of anilines is 2. The van der Waals surface area contributed by atoms with Gasteiger partial charge in [-0.25, -0.2) is 19.9 Å². The van der Waals surface area contributed by atoms with E-state index in [4.69, 9.17) is 28.1 Å². The molecule has 0 saturated carbocycles. The van der Waals surface area contributed by atoms with Crippen LogP contribution in [0.15, 0.2) is 40.5 Å². The number of nitrogens with zero attached hydrogens (tertiary/aromatic N) is 5. The molecule has 7 nitrogen and oxygen atoms in total. The second kappa shape index (κ2) is 7.93. The molecule has 9 heteroatoms. The third kappa shape index (κ3) is 4.39. The third-order valence-corrected chi connectivity index (χ3v) is 6.84. The second-order valence-corrected chi connectivity index (χ2v) is 9.35. The largest absolute Gasteiger partial charge is 0.382 e. The van der Waals surface area contributed by atoms with Crippen LogP contribution in [0.2, 0.25) is 5.02 Å². The number of aromatic nitrogens is 4. The average molecular weight is 430 g/mol. The molecule has 1 aliphatic rings. The summed E-state index contributed by atoms with van der Waals surface area (Å²) in [5.74, 6) is 1.73. The zero-order chi connectivity index (χ0) is 20.6. The van der Waals surface area contributed by atoms with Gasteiger partial charge in [-0.15, -0.1) is 0 Å². The summed E-state index contributed by atoms with van der Waals surface area (Å²) in [6.45, 7) is 6.10. The van der Waals surface area contributed by atoms with E-state index in [9.17, 15) is 0 Å². The van der Waals surface area contributed by atoms with Crippen molar-refractivity contribution >= 4 is 46.2 Å². The highest BCUT2D eigenvalue weighted by atomic mass is 35.5. The van der Waals surface area contributed by atoms with Crippen molar-refractivity contribution in [1.29, 1.82) is 0 Å². The van der Waals surface area contributed by atoms with Crippen LogP contribution in [0.3, 0.4) is 0 Å². The van der Waals surface area contributed by atoms with Crippen LogP contribution in [0.4, 0.5) is 11.6 Å². The highest BCUT2D eigenvalue weighted by Gasteiger charge is 2.29. The highest BCUT2D eigenvalue weighted by molar-refractivity contribution is 7.99. The molecule has 0 spiro atoms. The van der Waals surface area contributed by atoms with Crippen LogP contribution < -0.4 is 16.4 Å². The second-order valence-electron chi connectivity index (χ2n) is 7.91. The molecular formula is C20H24ClN7S. The summed E-state index contributed by atoms with van der Waals surface area (Å²) in [4.78, 5) is 21.0. The molecule has 4 heterocycles. The number of piperidine rings is 1. The van der Waals surface area contributed by atoms with Crippen LogP contribution in [0, 0.1) is 5.92 Å². The van der Waals surface area contributed by atoms with Crippen molar-refractivity contribution in [2.24, 2.45) is 11.7 Å². The molecule has 0 bridgehead atoms. The minimum atomic E-state index is -0.137. The molecule has 3 aromatic heterocycles. The van der Waals surface area contributed by atoms with Crippen LogP contribution in [-0.2, 0) is 0 Å². The number of halogens is 1. The molecule has 4 rings (SSSR count). The van der Waals surface area contributed by atoms with Crippen LogP contribution >= 0.6 is 23.4 Å². The van der Waals surface area contributed by atoms with Crippen molar-refractivity contribution in [2.45, 2.75) is 42.1 Å². The molecule has 0 aromatic carbocycles. The predicted octanol–water partition coefficient (Wildman–Crippen LogP) is 3.76. The molecule has 1 saturated heterocycles. The van der Waals surface area contributed by atoms with E-state index in [0.29, 0.717) is 22.4 Å². The molecule has 3 aromatic rings. The minimum absolute atomic E-state index is 0.137.